The lowest BCUT2D eigenvalue weighted by Crippen LogP contribution is -2.08. The summed E-state index contributed by atoms with van der Waals surface area (Å²) in [5.74, 6) is -1.91. The van der Waals surface area contributed by atoms with Crippen LogP contribution < -0.4 is 4.74 Å². The maximum absolute atomic E-state index is 13.6. The fraction of sp³-hybridized carbons (Fsp3) is 0.257. The molecule has 4 rings (SSSR count). The Morgan fingerprint density at radius 3 is 2.07 bits per heavy atom. The summed E-state index contributed by atoms with van der Waals surface area (Å²) in [7, 11) is 0. The van der Waals surface area contributed by atoms with Gasteiger partial charge < -0.3 is 14.9 Å². The fourth-order valence-corrected chi connectivity index (χ4v) is 5.06. The Morgan fingerprint density at radius 2 is 1.40 bits per heavy atom. The van der Waals surface area contributed by atoms with Gasteiger partial charge in [-0.05, 0) is 89.8 Å². The number of unbranched alkanes of at least 4 members (excludes halogenated alkanes) is 1. The number of aliphatic carboxylic acids is 1. The number of para-hydroxylation sites is 1. The molecule has 0 spiro atoms. The van der Waals surface area contributed by atoms with E-state index >= 15 is 0 Å². The molecule has 0 aromatic heterocycles. The van der Waals surface area contributed by atoms with Gasteiger partial charge in [0.05, 0.1) is 5.56 Å². The zero-order valence-electron chi connectivity index (χ0n) is 23.3. The molecule has 42 heavy (non-hydrogen) atoms. The van der Waals surface area contributed by atoms with Crippen molar-refractivity contribution in [2.75, 3.05) is 0 Å². The molecule has 5 nitrogen and oxygen atoms in total. The predicted octanol–water partition coefficient (Wildman–Crippen LogP) is 8.35. The van der Waals surface area contributed by atoms with Crippen molar-refractivity contribution in [2.24, 2.45) is 5.92 Å². The van der Waals surface area contributed by atoms with Crippen molar-refractivity contribution in [2.45, 2.75) is 51.6 Å². The van der Waals surface area contributed by atoms with Gasteiger partial charge in [0, 0.05) is 12.5 Å². The van der Waals surface area contributed by atoms with Crippen LogP contribution in [-0.4, -0.2) is 22.2 Å². The van der Waals surface area contributed by atoms with Gasteiger partial charge in [-0.25, -0.2) is 13.6 Å². The third-order valence-corrected chi connectivity index (χ3v) is 7.32. The first-order chi connectivity index (χ1) is 20.3. The summed E-state index contributed by atoms with van der Waals surface area (Å²) < 4.78 is 33.4. The number of benzene rings is 4. The van der Waals surface area contributed by atoms with E-state index in [1.165, 1.54) is 12.1 Å². The summed E-state index contributed by atoms with van der Waals surface area (Å²) in [4.78, 5) is 22.2. The third kappa shape index (κ3) is 9.26. The first kappa shape index (κ1) is 30.4. The zero-order chi connectivity index (χ0) is 29.9. The molecule has 0 aliphatic carbocycles. The molecule has 7 heteroatoms. The molecule has 0 fully saturated rings. The van der Waals surface area contributed by atoms with E-state index in [0.717, 1.165) is 60.6 Å². The number of ether oxygens (including phenoxy) is 1. The molecule has 0 saturated heterocycles. The van der Waals surface area contributed by atoms with E-state index in [2.05, 4.69) is 0 Å². The van der Waals surface area contributed by atoms with E-state index in [0.29, 0.717) is 30.1 Å². The average Bonchev–Trinajstić information content (AvgIpc) is 2.97. The topological polar surface area (TPSA) is 83.8 Å². The van der Waals surface area contributed by atoms with Crippen LogP contribution >= 0.6 is 0 Å². The first-order valence-electron chi connectivity index (χ1n) is 14.1. The van der Waals surface area contributed by atoms with Gasteiger partial charge in [-0.1, -0.05) is 67.4 Å². The number of hydrogen-bond donors (Lipinski definition) is 2. The summed E-state index contributed by atoms with van der Waals surface area (Å²) in [6.45, 7) is 0.337. The van der Waals surface area contributed by atoms with E-state index in [4.69, 9.17) is 9.84 Å². The van der Waals surface area contributed by atoms with Crippen LogP contribution in [0.4, 0.5) is 8.78 Å². The Kier molecular flexibility index (Phi) is 10.8. The summed E-state index contributed by atoms with van der Waals surface area (Å²) in [6.07, 6.45) is 4.87. The van der Waals surface area contributed by atoms with E-state index < -0.39 is 23.6 Å². The molecular formula is C35H34F2O5. The van der Waals surface area contributed by atoms with Crippen molar-refractivity contribution in [1.29, 1.82) is 0 Å². The predicted molar refractivity (Wildman–Crippen MR) is 158 cm³/mol. The highest BCUT2D eigenvalue weighted by Gasteiger charge is 2.14. The summed E-state index contributed by atoms with van der Waals surface area (Å²) in [6, 6.07) is 25.6. The van der Waals surface area contributed by atoms with E-state index in [9.17, 15) is 23.5 Å². The van der Waals surface area contributed by atoms with Gasteiger partial charge in [0.25, 0.3) is 0 Å². The number of aromatic carboxylic acids is 1. The standard InChI is InChI=1S/C35H34F2O5/c36-31-20-30(21-32(37)22-31)27-14-12-26(13-15-27)23-42-33-7-3-2-6-28(33)16-9-24(5-1-4-8-34(38)39)19-25-10-17-29(18-11-25)35(40)41/h2-3,6-7,10-15,17-18,20-22,24H,1,4-5,8-9,16,19,23H2,(H,38,39)(H,40,41). The maximum atomic E-state index is 13.6. The van der Waals surface area contributed by atoms with Crippen molar-refractivity contribution >= 4 is 11.9 Å². The lowest BCUT2D eigenvalue weighted by molar-refractivity contribution is -0.137. The number of carboxylic acid groups (broad SMARTS) is 2. The smallest absolute Gasteiger partial charge is 0.335 e. The van der Waals surface area contributed by atoms with Crippen LogP contribution in [0.15, 0.2) is 91.0 Å². The highest BCUT2D eigenvalue weighted by atomic mass is 19.1. The third-order valence-electron chi connectivity index (χ3n) is 7.32. The molecule has 2 N–H and O–H groups in total. The van der Waals surface area contributed by atoms with Crippen LogP contribution in [0, 0.1) is 17.6 Å². The normalized spacial score (nSPS) is 11.7. The van der Waals surface area contributed by atoms with Gasteiger partial charge in [-0.3, -0.25) is 4.79 Å². The molecule has 0 amide bonds. The van der Waals surface area contributed by atoms with E-state index in [-0.39, 0.29) is 12.0 Å². The van der Waals surface area contributed by atoms with Crippen LogP contribution in [-0.2, 0) is 24.2 Å². The van der Waals surface area contributed by atoms with Gasteiger partial charge in [0.2, 0.25) is 0 Å². The monoisotopic (exact) mass is 572 g/mol. The molecule has 4 aromatic carbocycles. The second-order valence-electron chi connectivity index (χ2n) is 10.5. The Hall–Kier alpha value is -4.52. The van der Waals surface area contributed by atoms with E-state index in [1.54, 1.807) is 12.1 Å². The quantitative estimate of drug-likeness (QED) is 0.140. The van der Waals surface area contributed by atoms with Crippen LogP contribution in [0.5, 0.6) is 5.75 Å². The van der Waals surface area contributed by atoms with Gasteiger partial charge in [0.1, 0.15) is 24.0 Å². The van der Waals surface area contributed by atoms with Crippen LogP contribution in [0.3, 0.4) is 0 Å². The number of hydrogen-bond acceptors (Lipinski definition) is 3. The lowest BCUT2D eigenvalue weighted by atomic mass is 9.88. The second kappa shape index (κ2) is 14.9. The van der Waals surface area contributed by atoms with E-state index in [1.807, 2.05) is 60.7 Å². The molecule has 218 valence electrons. The maximum Gasteiger partial charge on any atom is 0.335 e. The van der Waals surface area contributed by atoms with Crippen LogP contribution in [0.25, 0.3) is 11.1 Å². The minimum Gasteiger partial charge on any atom is -0.489 e. The van der Waals surface area contributed by atoms with Crippen molar-refractivity contribution in [3.05, 3.63) is 125 Å². The minimum absolute atomic E-state index is 0.150. The Morgan fingerprint density at radius 1 is 0.738 bits per heavy atom. The highest BCUT2D eigenvalue weighted by molar-refractivity contribution is 5.87. The highest BCUT2D eigenvalue weighted by Crippen LogP contribution is 2.27. The molecule has 0 saturated carbocycles. The molecule has 0 heterocycles. The Bertz CT molecular complexity index is 1460. The molecule has 4 aromatic rings. The summed E-state index contributed by atoms with van der Waals surface area (Å²) in [5, 5.41) is 18.2. The number of carboxylic acids is 2. The minimum atomic E-state index is -0.957. The van der Waals surface area contributed by atoms with Crippen LogP contribution in [0.2, 0.25) is 0 Å². The van der Waals surface area contributed by atoms with Gasteiger partial charge in [0.15, 0.2) is 0 Å². The number of halogens is 2. The molecule has 1 unspecified atom stereocenters. The SMILES string of the molecule is O=C(O)CCCCC(CCc1ccccc1OCc1ccc(-c2cc(F)cc(F)c2)cc1)Cc1ccc(C(=O)O)cc1. The van der Waals surface area contributed by atoms with Gasteiger partial charge >= 0.3 is 11.9 Å². The van der Waals surface area contributed by atoms with Gasteiger partial charge in [-0.2, -0.15) is 0 Å². The summed E-state index contributed by atoms with van der Waals surface area (Å²) >= 11 is 0. The lowest BCUT2D eigenvalue weighted by Gasteiger charge is -2.19. The molecule has 0 bridgehead atoms. The van der Waals surface area contributed by atoms with Crippen molar-refractivity contribution in [3.8, 4) is 16.9 Å². The van der Waals surface area contributed by atoms with Crippen molar-refractivity contribution in [1.82, 2.24) is 0 Å². The van der Waals surface area contributed by atoms with Gasteiger partial charge in [-0.15, -0.1) is 0 Å². The Labute approximate surface area is 244 Å². The first-order valence-corrected chi connectivity index (χ1v) is 14.1. The largest absolute Gasteiger partial charge is 0.489 e. The zero-order valence-corrected chi connectivity index (χ0v) is 23.3. The van der Waals surface area contributed by atoms with Crippen molar-refractivity contribution < 1.29 is 33.3 Å². The molecule has 0 aliphatic rings. The second-order valence-corrected chi connectivity index (χ2v) is 10.5. The number of aryl methyl sites for hydroxylation is 1. The molecule has 1 atom stereocenters. The Balaban J connectivity index is 1.38. The molecular weight excluding hydrogens is 538 g/mol. The molecule has 0 radical (unpaired) electrons. The number of carbonyl (C=O) groups is 2. The fourth-order valence-electron chi connectivity index (χ4n) is 5.06. The number of rotatable bonds is 15. The van der Waals surface area contributed by atoms with Crippen molar-refractivity contribution in [3.63, 3.8) is 0 Å². The molecule has 0 aliphatic heterocycles. The van der Waals surface area contributed by atoms with Crippen LogP contribution in [0.1, 0.15) is 59.2 Å². The average molecular weight is 573 g/mol. The summed E-state index contributed by atoms with van der Waals surface area (Å²) in [5.41, 5.74) is 4.48.